The molecule has 1 atom stereocenters. The van der Waals surface area contributed by atoms with Gasteiger partial charge < -0.3 is 15.2 Å². The Bertz CT molecular complexity index is 713. The lowest BCUT2D eigenvalue weighted by Gasteiger charge is -2.13. The van der Waals surface area contributed by atoms with Gasteiger partial charge in [-0.25, -0.2) is 9.18 Å². The molecule has 118 valence electrons. The normalized spacial score (nSPS) is 12.3. The summed E-state index contributed by atoms with van der Waals surface area (Å²) < 4.78 is 19.3. The van der Waals surface area contributed by atoms with Crippen molar-refractivity contribution in [1.29, 1.82) is 0 Å². The number of carbonyl (C=O) groups excluding carboxylic acids is 1. The Hall–Kier alpha value is -1.99. The number of halogens is 1. The van der Waals surface area contributed by atoms with Gasteiger partial charge in [0.1, 0.15) is 11.9 Å². The number of fused-ring (bicyclic) bond motifs is 1. The lowest BCUT2D eigenvalue weighted by molar-refractivity contribution is -0.139. The molecule has 0 bridgehead atoms. The molecule has 2 rings (SSSR count). The van der Waals surface area contributed by atoms with Crippen LogP contribution in [0.15, 0.2) is 18.2 Å². The van der Waals surface area contributed by atoms with Gasteiger partial charge in [0.25, 0.3) is 5.91 Å². The van der Waals surface area contributed by atoms with Gasteiger partial charge in [0.15, 0.2) is 0 Å². The molecule has 7 heteroatoms. The van der Waals surface area contributed by atoms with Crippen molar-refractivity contribution in [2.75, 3.05) is 13.7 Å². The molecule has 0 fully saturated rings. The minimum absolute atomic E-state index is 0.163. The SMILES string of the molecule is COCCC(NC(=O)c1sc2cccc(F)c2c1C)C(=O)O. The monoisotopic (exact) mass is 325 g/mol. The number of carboxylic acids is 1. The number of hydrogen-bond donors (Lipinski definition) is 2. The number of nitrogens with one attached hydrogen (secondary N) is 1. The third-order valence-electron chi connectivity index (χ3n) is 3.32. The number of carboxylic acid groups (broad SMARTS) is 1. The Morgan fingerprint density at radius 1 is 1.45 bits per heavy atom. The van der Waals surface area contributed by atoms with Crippen molar-refractivity contribution >= 4 is 33.3 Å². The van der Waals surface area contributed by atoms with Crippen LogP contribution in [0.3, 0.4) is 0 Å². The lowest BCUT2D eigenvalue weighted by Crippen LogP contribution is -2.41. The standard InChI is InChI=1S/C15H16FNO4S/c1-8-12-9(16)4-3-5-11(12)22-13(8)14(18)17-10(15(19)20)6-7-21-2/h3-5,10H,6-7H2,1-2H3,(H,17,18)(H,19,20). The molecule has 1 unspecified atom stereocenters. The van der Waals surface area contributed by atoms with Gasteiger partial charge in [0, 0.05) is 30.2 Å². The van der Waals surface area contributed by atoms with E-state index in [1.165, 1.54) is 13.2 Å². The van der Waals surface area contributed by atoms with Crippen LogP contribution in [0.4, 0.5) is 4.39 Å². The number of hydrogen-bond acceptors (Lipinski definition) is 4. The zero-order chi connectivity index (χ0) is 16.3. The van der Waals surface area contributed by atoms with Crippen LogP contribution in [-0.2, 0) is 9.53 Å². The van der Waals surface area contributed by atoms with Crippen LogP contribution in [0.25, 0.3) is 10.1 Å². The first-order valence-corrected chi connectivity index (χ1v) is 7.47. The predicted octanol–water partition coefficient (Wildman–Crippen LogP) is 2.57. The van der Waals surface area contributed by atoms with E-state index in [1.807, 2.05) is 0 Å². The Balaban J connectivity index is 2.27. The van der Waals surface area contributed by atoms with Crippen LogP contribution in [0.5, 0.6) is 0 Å². The van der Waals surface area contributed by atoms with Gasteiger partial charge in [-0.2, -0.15) is 0 Å². The molecule has 0 saturated carbocycles. The van der Waals surface area contributed by atoms with E-state index in [-0.39, 0.29) is 18.8 Å². The van der Waals surface area contributed by atoms with E-state index in [4.69, 9.17) is 9.84 Å². The molecule has 1 aromatic heterocycles. The maximum absolute atomic E-state index is 13.8. The number of rotatable bonds is 6. The summed E-state index contributed by atoms with van der Waals surface area (Å²) in [7, 11) is 1.46. The van der Waals surface area contributed by atoms with Gasteiger partial charge in [-0.15, -0.1) is 11.3 Å². The molecule has 0 spiro atoms. The molecule has 5 nitrogen and oxygen atoms in total. The van der Waals surface area contributed by atoms with Gasteiger partial charge in [0.2, 0.25) is 0 Å². The molecule has 1 aromatic carbocycles. The Kier molecular flexibility index (Phi) is 5.10. The summed E-state index contributed by atoms with van der Waals surface area (Å²) in [6.07, 6.45) is 0.163. The second kappa shape index (κ2) is 6.85. The molecule has 1 amide bonds. The number of methoxy groups -OCH3 is 1. The highest BCUT2D eigenvalue weighted by Gasteiger charge is 2.23. The van der Waals surface area contributed by atoms with Crippen molar-refractivity contribution in [1.82, 2.24) is 5.32 Å². The molecule has 0 aliphatic heterocycles. The fourth-order valence-corrected chi connectivity index (χ4v) is 3.31. The van der Waals surface area contributed by atoms with E-state index in [2.05, 4.69) is 5.32 Å². The van der Waals surface area contributed by atoms with Gasteiger partial charge in [-0.05, 0) is 24.6 Å². The zero-order valence-electron chi connectivity index (χ0n) is 12.2. The molecular formula is C15H16FNO4S. The van der Waals surface area contributed by atoms with E-state index in [1.54, 1.807) is 19.1 Å². The average molecular weight is 325 g/mol. The fourth-order valence-electron chi connectivity index (χ4n) is 2.19. The first-order valence-electron chi connectivity index (χ1n) is 6.66. The number of amides is 1. The van der Waals surface area contributed by atoms with Crippen molar-refractivity contribution in [2.45, 2.75) is 19.4 Å². The summed E-state index contributed by atoms with van der Waals surface area (Å²) in [5.41, 5.74) is 0.520. The van der Waals surface area contributed by atoms with Crippen LogP contribution in [0.1, 0.15) is 21.7 Å². The number of thiophene rings is 1. The quantitative estimate of drug-likeness (QED) is 0.856. The zero-order valence-corrected chi connectivity index (χ0v) is 13.0. The van der Waals surface area contributed by atoms with E-state index in [0.717, 1.165) is 11.3 Å². The summed E-state index contributed by atoms with van der Waals surface area (Å²) in [4.78, 5) is 23.8. The Labute approximate surface area is 130 Å². The molecule has 0 radical (unpaired) electrons. The summed E-state index contributed by atoms with van der Waals surface area (Å²) in [6.45, 7) is 1.87. The molecule has 2 N–H and O–H groups in total. The third-order valence-corrected chi connectivity index (χ3v) is 4.58. The summed E-state index contributed by atoms with van der Waals surface area (Å²) in [5, 5.41) is 12.0. The second-order valence-electron chi connectivity index (χ2n) is 4.81. The van der Waals surface area contributed by atoms with Gasteiger partial charge in [0.05, 0.1) is 4.88 Å². The Morgan fingerprint density at radius 3 is 2.77 bits per heavy atom. The Morgan fingerprint density at radius 2 is 2.18 bits per heavy atom. The third kappa shape index (κ3) is 3.26. The van der Waals surface area contributed by atoms with Crippen molar-refractivity contribution in [2.24, 2.45) is 0 Å². The summed E-state index contributed by atoms with van der Waals surface area (Å²) in [6, 6.07) is 3.60. The summed E-state index contributed by atoms with van der Waals surface area (Å²) >= 11 is 1.15. The minimum atomic E-state index is -1.13. The van der Waals surface area contributed by atoms with Gasteiger partial charge in [-0.3, -0.25) is 4.79 Å². The smallest absolute Gasteiger partial charge is 0.326 e. The molecular weight excluding hydrogens is 309 g/mol. The molecule has 0 saturated heterocycles. The van der Waals surface area contributed by atoms with Crippen LogP contribution in [-0.4, -0.2) is 36.7 Å². The number of carbonyl (C=O) groups is 2. The highest BCUT2D eigenvalue weighted by atomic mass is 32.1. The second-order valence-corrected chi connectivity index (χ2v) is 5.87. The number of aliphatic carboxylic acids is 1. The van der Waals surface area contributed by atoms with Crippen molar-refractivity contribution in [3.63, 3.8) is 0 Å². The topological polar surface area (TPSA) is 75.6 Å². The maximum atomic E-state index is 13.8. The van der Waals surface area contributed by atoms with Gasteiger partial charge in [-0.1, -0.05) is 6.07 Å². The van der Waals surface area contributed by atoms with Crippen LogP contribution in [0, 0.1) is 12.7 Å². The molecule has 0 aliphatic rings. The minimum Gasteiger partial charge on any atom is -0.480 e. The van der Waals surface area contributed by atoms with Crippen molar-refractivity contribution in [3.8, 4) is 0 Å². The molecule has 1 heterocycles. The first kappa shape index (κ1) is 16.4. The average Bonchev–Trinajstić information content (AvgIpc) is 2.81. The summed E-state index contributed by atoms with van der Waals surface area (Å²) in [5.74, 6) is -2.03. The molecule has 2 aromatic rings. The van der Waals surface area contributed by atoms with E-state index in [9.17, 15) is 14.0 Å². The number of ether oxygens (including phenoxy) is 1. The van der Waals surface area contributed by atoms with Crippen molar-refractivity contribution < 1.29 is 23.8 Å². The molecule has 22 heavy (non-hydrogen) atoms. The number of benzene rings is 1. The largest absolute Gasteiger partial charge is 0.480 e. The van der Waals surface area contributed by atoms with Crippen molar-refractivity contribution in [3.05, 3.63) is 34.5 Å². The van der Waals surface area contributed by atoms with E-state index < -0.39 is 17.9 Å². The van der Waals surface area contributed by atoms with Crippen LogP contribution in [0.2, 0.25) is 0 Å². The fraction of sp³-hybridized carbons (Fsp3) is 0.333. The van der Waals surface area contributed by atoms with E-state index in [0.29, 0.717) is 20.5 Å². The molecule has 0 aliphatic carbocycles. The van der Waals surface area contributed by atoms with Crippen LogP contribution >= 0.6 is 11.3 Å². The first-order chi connectivity index (χ1) is 10.5. The van der Waals surface area contributed by atoms with E-state index >= 15 is 0 Å². The predicted molar refractivity (Wildman–Crippen MR) is 81.9 cm³/mol. The maximum Gasteiger partial charge on any atom is 0.326 e. The lowest BCUT2D eigenvalue weighted by atomic mass is 10.1. The number of aryl methyl sites for hydroxylation is 1. The van der Waals surface area contributed by atoms with Crippen LogP contribution < -0.4 is 5.32 Å². The van der Waals surface area contributed by atoms with Gasteiger partial charge >= 0.3 is 5.97 Å². The highest BCUT2D eigenvalue weighted by molar-refractivity contribution is 7.21. The highest BCUT2D eigenvalue weighted by Crippen LogP contribution is 2.32.